The molecule has 1 amide bonds. The summed E-state index contributed by atoms with van der Waals surface area (Å²) in [6.45, 7) is 5.62. The van der Waals surface area contributed by atoms with Crippen LogP contribution >= 0.6 is 15.9 Å². The van der Waals surface area contributed by atoms with Gasteiger partial charge in [0.15, 0.2) is 0 Å². The monoisotopic (exact) mass is 372 g/mol. The Morgan fingerprint density at radius 2 is 1.96 bits per heavy atom. The fraction of sp³-hybridized carbons (Fsp3) is 0.316. The number of rotatable bonds is 3. The van der Waals surface area contributed by atoms with Gasteiger partial charge >= 0.3 is 0 Å². The van der Waals surface area contributed by atoms with Gasteiger partial charge in [0.1, 0.15) is 5.69 Å². The zero-order valence-electron chi connectivity index (χ0n) is 13.5. The molecule has 3 nitrogen and oxygen atoms in total. The van der Waals surface area contributed by atoms with E-state index < -0.39 is 0 Å². The van der Waals surface area contributed by atoms with Crippen LogP contribution in [0, 0.1) is 0 Å². The third kappa shape index (κ3) is 3.42. The quantitative estimate of drug-likeness (QED) is 0.762. The predicted molar refractivity (Wildman–Crippen MR) is 97.5 cm³/mol. The fourth-order valence-corrected chi connectivity index (χ4v) is 3.41. The summed E-state index contributed by atoms with van der Waals surface area (Å²) in [7, 11) is 0. The van der Waals surface area contributed by atoms with E-state index >= 15 is 0 Å². The van der Waals surface area contributed by atoms with Gasteiger partial charge in [0.05, 0.1) is 0 Å². The van der Waals surface area contributed by atoms with E-state index in [9.17, 15) is 4.79 Å². The lowest BCUT2D eigenvalue weighted by atomic mass is 9.99. The molecule has 0 bridgehead atoms. The van der Waals surface area contributed by atoms with Crippen LogP contribution in [0.15, 0.2) is 53.1 Å². The highest BCUT2D eigenvalue weighted by atomic mass is 79.9. The number of aromatic nitrogens is 1. The summed E-state index contributed by atoms with van der Waals surface area (Å²) in [6.07, 6.45) is 5.06. The molecule has 1 aromatic carbocycles. The number of carbonyl (C=O) groups excluding carboxylic acids is 1. The van der Waals surface area contributed by atoms with E-state index in [0.29, 0.717) is 6.54 Å². The van der Waals surface area contributed by atoms with Crippen molar-refractivity contribution in [2.24, 2.45) is 0 Å². The van der Waals surface area contributed by atoms with Crippen LogP contribution in [0.2, 0.25) is 0 Å². The molecule has 1 aliphatic rings. The molecule has 0 N–H and O–H groups in total. The number of hydrogen-bond acceptors (Lipinski definition) is 1. The van der Waals surface area contributed by atoms with Crippen molar-refractivity contribution >= 4 is 27.4 Å². The lowest BCUT2D eigenvalue weighted by molar-refractivity contribution is 0.0760. The van der Waals surface area contributed by atoms with Gasteiger partial charge in [-0.3, -0.25) is 4.79 Å². The Kier molecular flexibility index (Phi) is 4.71. The van der Waals surface area contributed by atoms with Crippen LogP contribution in [-0.2, 0) is 0 Å². The smallest absolute Gasteiger partial charge is 0.270 e. The number of carbonyl (C=O) groups is 1. The molecule has 0 spiro atoms. The predicted octanol–water partition coefficient (Wildman–Crippen LogP) is 4.76. The lowest BCUT2D eigenvalue weighted by Gasteiger charge is -2.27. The average Bonchev–Trinajstić information content (AvgIpc) is 2.97. The van der Waals surface area contributed by atoms with E-state index in [1.807, 2.05) is 27.8 Å². The van der Waals surface area contributed by atoms with Crippen LogP contribution in [0.5, 0.6) is 0 Å². The Balaban J connectivity index is 1.77. The Labute approximate surface area is 145 Å². The molecule has 0 unspecified atom stereocenters. The molecule has 23 heavy (non-hydrogen) atoms. The maximum absolute atomic E-state index is 12.8. The molecule has 0 radical (unpaired) electrons. The van der Waals surface area contributed by atoms with E-state index in [0.717, 1.165) is 23.1 Å². The molecule has 3 rings (SSSR count). The topological polar surface area (TPSA) is 25.2 Å². The van der Waals surface area contributed by atoms with Gasteiger partial charge in [0, 0.05) is 29.8 Å². The largest absolute Gasteiger partial charge is 0.340 e. The molecule has 1 aromatic heterocycles. The first kappa shape index (κ1) is 16.1. The summed E-state index contributed by atoms with van der Waals surface area (Å²) in [5, 5.41) is 0. The normalized spacial score (nSPS) is 15.0. The molecular formula is C19H21BrN2O. The highest BCUT2D eigenvalue weighted by Gasteiger charge is 2.23. The second-order valence-corrected chi connectivity index (χ2v) is 7.06. The lowest BCUT2D eigenvalue weighted by Crippen LogP contribution is -2.36. The Morgan fingerprint density at radius 3 is 2.57 bits per heavy atom. The molecule has 0 atom stereocenters. The first-order chi connectivity index (χ1) is 11.1. The maximum Gasteiger partial charge on any atom is 0.270 e. The van der Waals surface area contributed by atoms with Gasteiger partial charge in [-0.2, -0.15) is 0 Å². The van der Waals surface area contributed by atoms with Gasteiger partial charge in [-0.25, -0.2) is 0 Å². The second kappa shape index (κ2) is 6.75. The van der Waals surface area contributed by atoms with Gasteiger partial charge in [0.25, 0.3) is 5.91 Å². The van der Waals surface area contributed by atoms with Crippen LogP contribution in [-0.4, -0.2) is 28.5 Å². The van der Waals surface area contributed by atoms with Crippen molar-refractivity contribution < 1.29 is 4.79 Å². The third-order valence-corrected chi connectivity index (χ3v) is 4.67. The summed E-state index contributed by atoms with van der Waals surface area (Å²) in [5.74, 6) is 0.104. The van der Waals surface area contributed by atoms with Crippen molar-refractivity contribution in [1.82, 2.24) is 9.47 Å². The van der Waals surface area contributed by atoms with E-state index in [2.05, 4.69) is 60.1 Å². The molecule has 1 aliphatic heterocycles. The van der Waals surface area contributed by atoms with Crippen LogP contribution in [0.4, 0.5) is 0 Å². The molecule has 0 fully saturated rings. The fourth-order valence-electron chi connectivity index (χ4n) is 2.97. The van der Waals surface area contributed by atoms with E-state index in [1.165, 1.54) is 11.1 Å². The summed E-state index contributed by atoms with van der Waals surface area (Å²) in [5.41, 5.74) is 3.34. The molecule has 2 aromatic rings. The molecule has 2 heterocycles. The average molecular weight is 373 g/mol. The molecule has 0 aliphatic carbocycles. The van der Waals surface area contributed by atoms with Gasteiger partial charge in [-0.15, -0.1) is 0 Å². The van der Waals surface area contributed by atoms with E-state index in [4.69, 9.17) is 0 Å². The Morgan fingerprint density at radius 1 is 1.22 bits per heavy atom. The Hall–Kier alpha value is -1.81. The van der Waals surface area contributed by atoms with Crippen molar-refractivity contribution in [2.45, 2.75) is 26.3 Å². The zero-order chi connectivity index (χ0) is 16.4. The molecule has 0 saturated carbocycles. The van der Waals surface area contributed by atoms with Crippen molar-refractivity contribution in [2.75, 3.05) is 13.1 Å². The highest BCUT2D eigenvalue weighted by Crippen LogP contribution is 2.25. The minimum absolute atomic E-state index is 0.104. The van der Waals surface area contributed by atoms with E-state index in [-0.39, 0.29) is 11.9 Å². The maximum atomic E-state index is 12.8. The van der Waals surface area contributed by atoms with Crippen molar-refractivity contribution in [3.8, 4) is 0 Å². The number of hydrogen-bond donors (Lipinski definition) is 0. The van der Waals surface area contributed by atoms with Crippen LogP contribution < -0.4 is 0 Å². The number of nitrogens with zero attached hydrogens (tertiary/aromatic N) is 2. The van der Waals surface area contributed by atoms with Crippen LogP contribution in [0.25, 0.3) is 5.57 Å². The first-order valence-electron chi connectivity index (χ1n) is 7.97. The van der Waals surface area contributed by atoms with Crippen LogP contribution in [0.3, 0.4) is 0 Å². The van der Waals surface area contributed by atoms with E-state index in [1.54, 1.807) is 0 Å². The van der Waals surface area contributed by atoms with Crippen molar-refractivity contribution in [3.63, 3.8) is 0 Å². The summed E-state index contributed by atoms with van der Waals surface area (Å²) in [4.78, 5) is 14.8. The second-order valence-electron chi connectivity index (χ2n) is 6.14. The standard InChI is InChI=1S/C19H21BrN2O/c1-14(2)22-13-17(20)12-18(22)19(23)21-10-8-16(9-11-21)15-6-4-3-5-7-15/h3-8,12-14H,9-11H2,1-2H3. The Bertz CT molecular complexity index is 731. The number of amides is 1. The minimum Gasteiger partial charge on any atom is -0.340 e. The SMILES string of the molecule is CC(C)n1cc(Br)cc1C(=O)N1CC=C(c2ccccc2)CC1. The number of halogens is 1. The molecule has 0 saturated heterocycles. The molecular weight excluding hydrogens is 352 g/mol. The van der Waals surface area contributed by atoms with Crippen molar-refractivity contribution in [3.05, 3.63) is 64.4 Å². The number of benzene rings is 1. The van der Waals surface area contributed by atoms with Crippen molar-refractivity contribution in [1.29, 1.82) is 0 Å². The minimum atomic E-state index is 0.104. The summed E-state index contributed by atoms with van der Waals surface area (Å²) in [6, 6.07) is 12.6. The van der Waals surface area contributed by atoms with Gasteiger partial charge < -0.3 is 9.47 Å². The first-order valence-corrected chi connectivity index (χ1v) is 8.76. The molecule has 120 valence electrons. The molecule has 4 heteroatoms. The highest BCUT2D eigenvalue weighted by molar-refractivity contribution is 9.10. The third-order valence-electron chi connectivity index (χ3n) is 4.23. The zero-order valence-corrected chi connectivity index (χ0v) is 15.1. The van der Waals surface area contributed by atoms with Gasteiger partial charge in [0.2, 0.25) is 0 Å². The summed E-state index contributed by atoms with van der Waals surface area (Å²) >= 11 is 3.48. The summed E-state index contributed by atoms with van der Waals surface area (Å²) < 4.78 is 2.98. The van der Waals surface area contributed by atoms with Gasteiger partial charge in [-0.1, -0.05) is 36.4 Å². The van der Waals surface area contributed by atoms with Gasteiger partial charge in [-0.05, 0) is 53.4 Å². The van der Waals surface area contributed by atoms with Crippen LogP contribution in [0.1, 0.15) is 42.4 Å².